The first kappa shape index (κ1) is 25.0. The van der Waals surface area contributed by atoms with Gasteiger partial charge >= 0.3 is 0 Å². The zero-order valence-electron chi connectivity index (χ0n) is 20.2. The van der Waals surface area contributed by atoms with Crippen LogP contribution in [0.15, 0.2) is 53.7 Å². The van der Waals surface area contributed by atoms with Crippen molar-refractivity contribution in [3.63, 3.8) is 0 Å². The van der Waals surface area contributed by atoms with E-state index in [9.17, 15) is 8.42 Å². The Bertz CT molecular complexity index is 1730. The highest BCUT2D eigenvalue weighted by Crippen LogP contribution is 2.33. The Morgan fingerprint density at radius 2 is 1.92 bits per heavy atom. The molecule has 0 aliphatic heterocycles. The largest absolute Gasteiger partial charge is 0.493 e. The first-order valence-corrected chi connectivity index (χ1v) is 13.0. The predicted molar refractivity (Wildman–Crippen MR) is 138 cm³/mol. The Balaban J connectivity index is 1.37. The second-order valence-electron chi connectivity index (χ2n) is 8.57. The van der Waals surface area contributed by atoms with Gasteiger partial charge in [-0.3, -0.25) is 0 Å². The van der Waals surface area contributed by atoms with Gasteiger partial charge in [-0.2, -0.15) is 0 Å². The fourth-order valence-electron chi connectivity index (χ4n) is 4.00. The van der Waals surface area contributed by atoms with E-state index in [2.05, 4.69) is 19.9 Å². The average molecular weight is 544 g/mol. The lowest BCUT2D eigenvalue weighted by Gasteiger charge is -2.12. The zero-order valence-corrected chi connectivity index (χ0v) is 21.7. The van der Waals surface area contributed by atoms with Gasteiger partial charge < -0.3 is 19.4 Å². The number of fused-ring (bicyclic) bond motifs is 2. The second kappa shape index (κ2) is 9.66. The molecule has 12 heteroatoms. The van der Waals surface area contributed by atoms with Crippen LogP contribution in [0.4, 0.5) is 4.39 Å². The van der Waals surface area contributed by atoms with E-state index in [0.29, 0.717) is 45.3 Å². The number of benzene rings is 2. The third kappa shape index (κ3) is 4.85. The highest BCUT2D eigenvalue weighted by atomic mass is 35.5. The summed E-state index contributed by atoms with van der Waals surface area (Å²) in [7, 11) is 0.836. The lowest BCUT2D eigenvalue weighted by Crippen LogP contribution is -2.22. The number of rotatable bonds is 8. The third-order valence-corrected chi connectivity index (χ3v) is 7.96. The molecule has 0 aliphatic rings. The van der Waals surface area contributed by atoms with E-state index in [1.54, 1.807) is 30.6 Å². The number of methoxy groups -OCH3 is 1. The quantitative estimate of drug-likeness (QED) is 0.294. The van der Waals surface area contributed by atoms with Gasteiger partial charge in [0, 0.05) is 44.4 Å². The molecule has 0 amide bonds. The number of hydrogen-bond acceptors (Lipinski definition) is 6. The van der Waals surface area contributed by atoms with Crippen LogP contribution in [0.5, 0.6) is 11.5 Å². The van der Waals surface area contributed by atoms with Crippen molar-refractivity contribution in [3.8, 4) is 11.5 Å². The van der Waals surface area contributed by atoms with Crippen LogP contribution >= 0.6 is 11.6 Å². The summed E-state index contributed by atoms with van der Waals surface area (Å²) in [5.41, 5.74) is 3.06. The molecule has 0 saturated carbocycles. The fourth-order valence-corrected chi connectivity index (χ4v) is 5.08. The molecular weight excluding hydrogens is 521 g/mol. The van der Waals surface area contributed by atoms with Gasteiger partial charge in [-0.25, -0.2) is 27.1 Å². The Morgan fingerprint density at radius 3 is 2.68 bits per heavy atom. The minimum Gasteiger partial charge on any atom is -0.493 e. The Morgan fingerprint density at radius 1 is 1.11 bits per heavy atom. The van der Waals surface area contributed by atoms with Gasteiger partial charge in [0.2, 0.25) is 10.0 Å². The van der Waals surface area contributed by atoms with Crippen molar-refractivity contribution in [2.75, 3.05) is 21.2 Å². The highest BCUT2D eigenvalue weighted by Gasteiger charge is 2.19. The van der Waals surface area contributed by atoms with E-state index in [1.807, 2.05) is 0 Å². The fraction of sp³-hybridized carbons (Fsp3) is 0.200. The predicted octanol–water partition coefficient (Wildman–Crippen LogP) is 4.66. The van der Waals surface area contributed by atoms with Gasteiger partial charge in [0.05, 0.1) is 28.1 Å². The summed E-state index contributed by atoms with van der Waals surface area (Å²) in [6, 6.07) is 9.29. The maximum absolute atomic E-state index is 15.1. The Kier molecular flexibility index (Phi) is 6.52. The lowest BCUT2D eigenvalue weighted by atomic mass is 10.0. The number of halogens is 2. The zero-order chi connectivity index (χ0) is 26.3. The molecule has 192 valence electrons. The van der Waals surface area contributed by atoms with Crippen LogP contribution in [0.2, 0.25) is 5.02 Å². The number of hydrogen-bond donors (Lipinski definition) is 2. The summed E-state index contributed by atoms with van der Waals surface area (Å²) in [6.07, 6.45) is 3.62. The van der Waals surface area contributed by atoms with Crippen molar-refractivity contribution in [2.45, 2.75) is 17.9 Å². The number of nitrogens with one attached hydrogen (secondary N) is 2. The van der Waals surface area contributed by atoms with Crippen LogP contribution in [0, 0.1) is 5.82 Å². The summed E-state index contributed by atoms with van der Waals surface area (Å²) in [5, 5.41) is 1.31. The summed E-state index contributed by atoms with van der Waals surface area (Å²) < 4.78 is 52.3. The molecule has 0 saturated heterocycles. The van der Waals surface area contributed by atoms with Gasteiger partial charge in [0.1, 0.15) is 23.9 Å². The lowest BCUT2D eigenvalue weighted by molar-refractivity contribution is 0.275. The Hall–Kier alpha value is -3.67. The standard InChI is InChI=1S/C25H23ClFN5O4S/c1-32(2)37(33,34)17-4-5-20-21(9-17)31-24(30-20)13-36-23-10-19(27)14(7-22(23)35-3)6-15-11-28-25-18(15)8-16(26)12-29-25/h4-5,7-12H,6,13H2,1-3H3,(H,28,29)(H,30,31). The van der Waals surface area contributed by atoms with Crippen LogP contribution in [0.1, 0.15) is 17.0 Å². The summed E-state index contributed by atoms with van der Waals surface area (Å²) in [6.45, 7) is -0.00773. The van der Waals surface area contributed by atoms with Gasteiger partial charge in [0.25, 0.3) is 0 Å². The van der Waals surface area contributed by atoms with E-state index in [1.165, 1.54) is 39.4 Å². The number of imidazole rings is 1. The Labute approximate surface area is 217 Å². The van der Waals surface area contributed by atoms with Crippen molar-refractivity contribution >= 4 is 43.7 Å². The van der Waals surface area contributed by atoms with Crippen LogP contribution in [0.3, 0.4) is 0 Å². The maximum Gasteiger partial charge on any atom is 0.242 e. The number of sulfonamides is 1. The molecule has 5 rings (SSSR count). The molecule has 0 spiro atoms. The SMILES string of the molecule is COc1cc(Cc2c[nH]c3ncc(Cl)cc23)c(F)cc1OCc1nc2ccc(S(=O)(=O)N(C)C)cc2[nH]1. The molecule has 0 aliphatic carbocycles. The van der Waals surface area contributed by atoms with Crippen LogP contribution < -0.4 is 9.47 Å². The molecular formula is C25H23ClFN5O4S. The molecule has 3 heterocycles. The minimum atomic E-state index is -3.58. The van der Waals surface area contributed by atoms with Crippen LogP contribution in [-0.2, 0) is 23.1 Å². The second-order valence-corrected chi connectivity index (χ2v) is 11.2. The van der Waals surface area contributed by atoms with Gasteiger partial charge in [0.15, 0.2) is 11.5 Å². The van der Waals surface area contributed by atoms with Crippen molar-refractivity contribution in [3.05, 3.63) is 76.6 Å². The number of ether oxygens (including phenoxy) is 2. The van der Waals surface area contributed by atoms with Crippen molar-refractivity contribution < 1.29 is 22.3 Å². The van der Waals surface area contributed by atoms with E-state index in [-0.39, 0.29) is 17.3 Å². The minimum absolute atomic E-state index is 0.00773. The number of aromatic nitrogens is 4. The normalized spacial score (nSPS) is 12.1. The molecule has 9 nitrogen and oxygen atoms in total. The van der Waals surface area contributed by atoms with E-state index in [4.69, 9.17) is 21.1 Å². The van der Waals surface area contributed by atoms with Crippen LogP contribution in [0.25, 0.3) is 22.1 Å². The summed E-state index contributed by atoms with van der Waals surface area (Å²) in [5.74, 6) is 0.568. The van der Waals surface area contributed by atoms with E-state index < -0.39 is 15.8 Å². The monoisotopic (exact) mass is 543 g/mol. The van der Waals surface area contributed by atoms with Gasteiger partial charge in [-0.15, -0.1) is 0 Å². The summed E-state index contributed by atoms with van der Waals surface area (Å²) >= 11 is 6.08. The maximum atomic E-state index is 15.1. The molecule has 0 atom stereocenters. The molecule has 0 fully saturated rings. The first-order valence-electron chi connectivity index (χ1n) is 11.2. The number of pyridine rings is 1. The van der Waals surface area contributed by atoms with Crippen LogP contribution in [-0.4, -0.2) is 53.9 Å². The average Bonchev–Trinajstić information content (AvgIpc) is 3.46. The smallest absolute Gasteiger partial charge is 0.242 e. The van der Waals surface area contributed by atoms with Crippen molar-refractivity contribution in [1.29, 1.82) is 0 Å². The van der Waals surface area contributed by atoms with Crippen molar-refractivity contribution in [1.82, 2.24) is 24.2 Å². The first-order chi connectivity index (χ1) is 17.7. The molecule has 0 radical (unpaired) electrons. The molecule has 0 bridgehead atoms. The molecule has 5 aromatic rings. The topological polar surface area (TPSA) is 113 Å². The highest BCUT2D eigenvalue weighted by molar-refractivity contribution is 7.89. The molecule has 3 aromatic heterocycles. The van der Waals surface area contributed by atoms with Crippen molar-refractivity contribution in [2.24, 2.45) is 0 Å². The van der Waals surface area contributed by atoms with E-state index in [0.717, 1.165) is 15.3 Å². The van der Waals surface area contributed by atoms with Gasteiger partial charge in [-0.05, 0) is 41.5 Å². The number of H-pyrrole nitrogens is 2. The molecule has 2 aromatic carbocycles. The number of aromatic amines is 2. The molecule has 37 heavy (non-hydrogen) atoms. The number of nitrogens with zero attached hydrogens (tertiary/aromatic N) is 3. The molecule has 2 N–H and O–H groups in total. The van der Waals surface area contributed by atoms with Gasteiger partial charge in [-0.1, -0.05) is 11.6 Å². The summed E-state index contributed by atoms with van der Waals surface area (Å²) in [4.78, 5) is 14.9. The molecule has 0 unspecified atom stereocenters. The third-order valence-electron chi connectivity index (χ3n) is 5.94. The van der Waals surface area contributed by atoms with E-state index >= 15 is 4.39 Å².